The van der Waals surface area contributed by atoms with Gasteiger partial charge in [0.05, 0.1) is 12.2 Å². The van der Waals surface area contributed by atoms with Gasteiger partial charge >= 0.3 is 5.97 Å². The minimum absolute atomic E-state index is 0.306. The molecular weight excluding hydrogens is 266 g/mol. The van der Waals surface area contributed by atoms with E-state index in [0.717, 1.165) is 16.7 Å². The highest BCUT2D eigenvalue weighted by molar-refractivity contribution is 6.25. The van der Waals surface area contributed by atoms with Gasteiger partial charge in [0.2, 0.25) is 0 Å². The maximum atomic E-state index is 12.2. The summed E-state index contributed by atoms with van der Waals surface area (Å²) < 4.78 is 5.18. The quantitative estimate of drug-likeness (QED) is 0.631. The summed E-state index contributed by atoms with van der Waals surface area (Å²) in [4.78, 5) is 22.6. The first-order valence-corrected chi connectivity index (χ1v) is 6.69. The van der Waals surface area contributed by atoms with Gasteiger partial charge in [0.15, 0.2) is 0 Å². The standard InChI is InChI=1S/C17H13NO3/c19-17-16(13-4-2-1-3-5-13)15(10-11-21-17)12-6-8-14(18-20)9-7-12/h1-9H,10-11H2. The van der Waals surface area contributed by atoms with Crippen LogP contribution in [0.5, 0.6) is 0 Å². The van der Waals surface area contributed by atoms with Gasteiger partial charge in [0, 0.05) is 6.42 Å². The van der Waals surface area contributed by atoms with E-state index < -0.39 is 0 Å². The molecule has 0 radical (unpaired) electrons. The Bertz CT molecular complexity index is 703. The van der Waals surface area contributed by atoms with E-state index in [1.807, 2.05) is 42.5 Å². The van der Waals surface area contributed by atoms with Crippen LogP contribution in [0.3, 0.4) is 0 Å². The molecule has 2 aromatic rings. The van der Waals surface area contributed by atoms with Crippen molar-refractivity contribution in [3.05, 3.63) is 70.6 Å². The third kappa shape index (κ3) is 2.60. The number of rotatable bonds is 3. The molecule has 0 spiro atoms. The molecular formula is C17H13NO3. The van der Waals surface area contributed by atoms with Crippen molar-refractivity contribution in [2.24, 2.45) is 5.18 Å². The predicted molar refractivity (Wildman–Crippen MR) is 80.7 cm³/mol. The number of ether oxygens (including phenoxy) is 1. The van der Waals surface area contributed by atoms with Gasteiger partial charge in [-0.15, -0.1) is 4.91 Å². The molecule has 3 rings (SSSR count). The normalized spacial score (nSPS) is 14.8. The first-order chi connectivity index (χ1) is 10.3. The van der Waals surface area contributed by atoms with Gasteiger partial charge in [-0.2, -0.15) is 0 Å². The van der Waals surface area contributed by atoms with Crippen molar-refractivity contribution in [3.63, 3.8) is 0 Å². The molecule has 1 aliphatic rings. The molecule has 0 aliphatic carbocycles. The Morgan fingerprint density at radius 2 is 1.62 bits per heavy atom. The van der Waals surface area contributed by atoms with Crippen LogP contribution < -0.4 is 0 Å². The van der Waals surface area contributed by atoms with Crippen molar-refractivity contribution in [3.8, 4) is 0 Å². The molecule has 1 aliphatic heterocycles. The lowest BCUT2D eigenvalue weighted by Gasteiger charge is -2.20. The molecule has 0 unspecified atom stereocenters. The average Bonchev–Trinajstić information content (AvgIpc) is 2.55. The molecule has 0 bridgehead atoms. The minimum atomic E-state index is -0.306. The van der Waals surface area contributed by atoms with Crippen molar-refractivity contribution >= 4 is 22.8 Å². The van der Waals surface area contributed by atoms with E-state index in [1.165, 1.54) is 0 Å². The number of carbonyl (C=O) groups excluding carboxylic acids is 1. The second kappa shape index (κ2) is 5.71. The van der Waals surface area contributed by atoms with Gasteiger partial charge in [-0.1, -0.05) is 42.5 Å². The molecule has 0 fully saturated rings. The number of nitroso groups, excluding NO2 is 1. The van der Waals surface area contributed by atoms with Crippen LogP contribution in [0.15, 0.2) is 59.8 Å². The Balaban J connectivity index is 2.14. The first-order valence-electron chi connectivity index (χ1n) is 6.69. The minimum Gasteiger partial charge on any atom is -0.462 e. The number of nitrogens with zero attached hydrogens (tertiary/aromatic N) is 1. The molecule has 0 saturated heterocycles. The van der Waals surface area contributed by atoms with Crippen molar-refractivity contribution in [1.29, 1.82) is 0 Å². The maximum absolute atomic E-state index is 12.2. The zero-order valence-electron chi connectivity index (χ0n) is 11.3. The second-order valence-corrected chi connectivity index (χ2v) is 4.74. The van der Waals surface area contributed by atoms with E-state index in [4.69, 9.17) is 4.74 Å². The van der Waals surface area contributed by atoms with Crippen LogP contribution in [0.25, 0.3) is 11.1 Å². The number of benzene rings is 2. The molecule has 0 saturated carbocycles. The Morgan fingerprint density at radius 1 is 0.905 bits per heavy atom. The molecule has 0 N–H and O–H groups in total. The Hall–Kier alpha value is -2.75. The summed E-state index contributed by atoms with van der Waals surface area (Å²) in [5, 5.41) is 2.89. The van der Waals surface area contributed by atoms with Crippen molar-refractivity contribution < 1.29 is 9.53 Å². The summed E-state index contributed by atoms with van der Waals surface area (Å²) in [6.07, 6.45) is 0.657. The molecule has 0 amide bonds. The van der Waals surface area contributed by atoms with Gasteiger partial charge in [0.1, 0.15) is 5.69 Å². The van der Waals surface area contributed by atoms with E-state index in [9.17, 15) is 9.70 Å². The highest BCUT2D eigenvalue weighted by Crippen LogP contribution is 2.33. The van der Waals surface area contributed by atoms with E-state index >= 15 is 0 Å². The monoisotopic (exact) mass is 279 g/mol. The smallest absolute Gasteiger partial charge is 0.339 e. The summed E-state index contributed by atoms with van der Waals surface area (Å²) in [6.45, 7) is 0.373. The van der Waals surface area contributed by atoms with Gasteiger partial charge < -0.3 is 4.74 Å². The first kappa shape index (κ1) is 13.2. The molecule has 1 heterocycles. The molecule has 104 valence electrons. The highest BCUT2D eigenvalue weighted by Gasteiger charge is 2.24. The van der Waals surface area contributed by atoms with Crippen LogP contribution in [-0.2, 0) is 9.53 Å². The van der Waals surface area contributed by atoms with Crippen LogP contribution in [-0.4, -0.2) is 12.6 Å². The zero-order valence-corrected chi connectivity index (χ0v) is 11.3. The maximum Gasteiger partial charge on any atom is 0.339 e. The van der Waals surface area contributed by atoms with E-state index in [-0.39, 0.29) is 5.97 Å². The summed E-state index contributed by atoms with van der Waals surface area (Å²) in [7, 11) is 0. The fourth-order valence-electron chi connectivity index (χ4n) is 2.48. The number of esters is 1. The second-order valence-electron chi connectivity index (χ2n) is 4.74. The topological polar surface area (TPSA) is 55.7 Å². The molecule has 0 atom stereocenters. The lowest BCUT2D eigenvalue weighted by Crippen LogP contribution is -2.16. The lowest BCUT2D eigenvalue weighted by molar-refractivity contribution is -0.136. The highest BCUT2D eigenvalue weighted by atomic mass is 16.5. The Morgan fingerprint density at radius 3 is 2.29 bits per heavy atom. The summed E-state index contributed by atoms with van der Waals surface area (Å²) >= 11 is 0. The summed E-state index contributed by atoms with van der Waals surface area (Å²) in [5.74, 6) is -0.306. The van der Waals surface area contributed by atoms with Crippen LogP contribution >= 0.6 is 0 Å². The van der Waals surface area contributed by atoms with E-state index in [2.05, 4.69) is 5.18 Å². The van der Waals surface area contributed by atoms with Crippen molar-refractivity contribution in [2.45, 2.75) is 6.42 Å². The molecule has 4 heteroatoms. The number of carbonyl (C=O) groups is 1. The van der Waals surface area contributed by atoms with Crippen LogP contribution in [0.1, 0.15) is 17.5 Å². The Kier molecular flexibility index (Phi) is 3.60. The fraction of sp³-hybridized carbons (Fsp3) is 0.118. The van der Waals surface area contributed by atoms with E-state index in [0.29, 0.717) is 24.3 Å². The third-order valence-corrected chi connectivity index (χ3v) is 3.47. The van der Waals surface area contributed by atoms with E-state index in [1.54, 1.807) is 12.1 Å². The SMILES string of the molecule is O=Nc1ccc(C2=C(c3ccccc3)C(=O)OCC2)cc1. The van der Waals surface area contributed by atoms with Gasteiger partial charge in [-0.25, -0.2) is 4.79 Å². The molecule has 0 aromatic heterocycles. The largest absolute Gasteiger partial charge is 0.462 e. The summed E-state index contributed by atoms with van der Waals surface area (Å²) in [6, 6.07) is 16.4. The Labute approximate surface area is 122 Å². The zero-order chi connectivity index (χ0) is 14.7. The average molecular weight is 279 g/mol. The third-order valence-electron chi connectivity index (χ3n) is 3.47. The molecule has 21 heavy (non-hydrogen) atoms. The van der Waals surface area contributed by atoms with Crippen molar-refractivity contribution in [2.75, 3.05) is 6.61 Å². The number of hydrogen-bond donors (Lipinski definition) is 0. The number of hydrogen-bond acceptors (Lipinski definition) is 4. The van der Waals surface area contributed by atoms with Crippen LogP contribution in [0.4, 0.5) is 5.69 Å². The molecule has 2 aromatic carbocycles. The van der Waals surface area contributed by atoms with Crippen LogP contribution in [0, 0.1) is 4.91 Å². The lowest BCUT2D eigenvalue weighted by atomic mass is 9.91. The number of cyclic esters (lactones) is 1. The molecule has 4 nitrogen and oxygen atoms in total. The van der Waals surface area contributed by atoms with Crippen molar-refractivity contribution in [1.82, 2.24) is 0 Å². The van der Waals surface area contributed by atoms with Crippen LogP contribution in [0.2, 0.25) is 0 Å². The summed E-state index contributed by atoms with van der Waals surface area (Å²) in [5.41, 5.74) is 3.66. The fourth-order valence-corrected chi connectivity index (χ4v) is 2.48. The van der Waals surface area contributed by atoms with Gasteiger partial charge in [0.25, 0.3) is 0 Å². The predicted octanol–water partition coefficient (Wildman–Crippen LogP) is 3.94. The van der Waals surface area contributed by atoms with Gasteiger partial charge in [-0.3, -0.25) is 0 Å². The van der Waals surface area contributed by atoms with Gasteiger partial charge in [-0.05, 0) is 34.0 Å².